The van der Waals surface area contributed by atoms with E-state index < -0.39 is 11.0 Å². The van der Waals surface area contributed by atoms with Crippen molar-refractivity contribution in [1.29, 1.82) is 0 Å². The summed E-state index contributed by atoms with van der Waals surface area (Å²) in [7, 11) is 0. The second kappa shape index (κ2) is 5.49. The predicted octanol–water partition coefficient (Wildman–Crippen LogP) is 3.50. The maximum Gasteiger partial charge on any atom is 0.239 e. The second-order valence-corrected chi connectivity index (χ2v) is 8.91. The van der Waals surface area contributed by atoms with E-state index in [1.165, 1.54) is 0 Å². The van der Waals surface area contributed by atoms with Gasteiger partial charge >= 0.3 is 0 Å². The molecule has 0 bridgehead atoms. The summed E-state index contributed by atoms with van der Waals surface area (Å²) in [4.78, 5) is 13.2. The van der Waals surface area contributed by atoms with E-state index in [4.69, 9.17) is 4.74 Å². The number of para-hydroxylation sites is 1. The number of anilines is 1. The molecule has 142 valence electrons. The quantitative estimate of drug-likeness (QED) is 0.776. The summed E-state index contributed by atoms with van der Waals surface area (Å²) >= 11 is 0. The van der Waals surface area contributed by atoms with Crippen molar-refractivity contribution in [2.75, 3.05) is 5.32 Å². The molecule has 0 aliphatic carbocycles. The van der Waals surface area contributed by atoms with Gasteiger partial charge in [-0.2, -0.15) is 0 Å². The molecule has 27 heavy (non-hydrogen) atoms. The van der Waals surface area contributed by atoms with Gasteiger partial charge in [-0.25, -0.2) is 0 Å². The Hall–Kier alpha value is -2.53. The van der Waals surface area contributed by atoms with Gasteiger partial charge in [-0.05, 0) is 57.4 Å². The fourth-order valence-electron chi connectivity index (χ4n) is 4.48. The fourth-order valence-corrected chi connectivity index (χ4v) is 4.48. The lowest BCUT2D eigenvalue weighted by molar-refractivity contribution is -0.121. The minimum Gasteiger partial charge on any atom is -0.507 e. The number of hydrogen-bond donors (Lipinski definition) is 3. The fraction of sp³-hybridized carbons (Fsp3) is 0.409. The Balaban J connectivity index is 1.97. The zero-order valence-electron chi connectivity index (χ0n) is 16.1. The first kappa shape index (κ1) is 17.9. The number of rotatable bonds is 3. The van der Waals surface area contributed by atoms with Gasteiger partial charge in [0, 0.05) is 23.7 Å². The van der Waals surface area contributed by atoms with Crippen molar-refractivity contribution in [3.8, 4) is 11.5 Å². The molecule has 5 heteroatoms. The number of hydrogen-bond acceptors (Lipinski definition) is 4. The highest BCUT2D eigenvalue weighted by Crippen LogP contribution is 2.52. The topological polar surface area (TPSA) is 78.8 Å². The summed E-state index contributed by atoms with van der Waals surface area (Å²) in [5.74, 6) is 0.410. The van der Waals surface area contributed by atoms with Crippen molar-refractivity contribution in [2.45, 2.75) is 57.2 Å². The summed E-state index contributed by atoms with van der Waals surface area (Å²) in [6.07, 6.45) is 0.844. The Morgan fingerprint density at radius 1 is 1.19 bits per heavy atom. The summed E-state index contributed by atoms with van der Waals surface area (Å²) in [6.45, 7) is 7.35. The Morgan fingerprint density at radius 2 is 1.89 bits per heavy atom. The molecule has 4 rings (SSSR count). The van der Waals surface area contributed by atoms with Crippen molar-refractivity contribution in [3.05, 3.63) is 53.1 Å². The maximum absolute atomic E-state index is 13.2. The summed E-state index contributed by atoms with van der Waals surface area (Å²) < 4.78 is 5.91. The first-order chi connectivity index (χ1) is 12.5. The molecule has 5 nitrogen and oxygen atoms in total. The van der Waals surface area contributed by atoms with Gasteiger partial charge in [0.05, 0.1) is 5.60 Å². The van der Waals surface area contributed by atoms with E-state index in [0.29, 0.717) is 23.4 Å². The molecule has 0 saturated carbocycles. The van der Waals surface area contributed by atoms with Crippen LogP contribution in [-0.4, -0.2) is 27.3 Å². The van der Waals surface area contributed by atoms with Crippen molar-refractivity contribution in [1.82, 2.24) is 0 Å². The number of carbonyl (C=O) groups excluding carboxylic acids is 1. The van der Waals surface area contributed by atoms with E-state index in [-0.39, 0.29) is 23.7 Å². The number of nitrogens with one attached hydrogen (secondary N) is 1. The van der Waals surface area contributed by atoms with Gasteiger partial charge in [-0.15, -0.1) is 0 Å². The van der Waals surface area contributed by atoms with E-state index in [1.54, 1.807) is 19.9 Å². The minimum absolute atomic E-state index is 0.00236. The number of phenolic OH excluding ortho intramolecular Hbond substituents is 1. The lowest BCUT2D eigenvalue weighted by Crippen LogP contribution is -2.42. The Labute approximate surface area is 159 Å². The highest BCUT2D eigenvalue weighted by atomic mass is 16.5. The van der Waals surface area contributed by atoms with E-state index in [9.17, 15) is 15.0 Å². The SMILES string of the molecule is CC(C)(O)CC1(c2cc3c(cc2O)OC(C)(C)C3)C(=O)Nc2ccccc21. The van der Waals surface area contributed by atoms with Gasteiger partial charge in [-0.3, -0.25) is 4.79 Å². The Morgan fingerprint density at radius 3 is 2.59 bits per heavy atom. The first-order valence-electron chi connectivity index (χ1n) is 9.21. The van der Waals surface area contributed by atoms with Crippen LogP contribution in [0, 0.1) is 0 Å². The van der Waals surface area contributed by atoms with Crippen LogP contribution in [0.1, 0.15) is 50.8 Å². The molecule has 1 unspecified atom stereocenters. The molecule has 2 aromatic carbocycles. The van der Waals surface area contributed by atoms with Gasteiger partial charge in [-0.1, -0.05) is 18.2 Å². The first-order valence-corrected chi connectivity index (χ1v) is 9.21. The number of ether oxygens (including phenoxy) is 1. The third-order valence-corrected chi connectivity index (χ3v) is 5.36. The average Bonchev–Trinajstić information content (AvgIpc) is 2.98. The van der Waals surface area contributed by atoms with Crippen LogP contribution in [0.25, 0.3) is 0 Å². The average molecular weight is 367 g/mol. The van der Waals surface area contributed by atoms with Gasteiger partial charge in [0.15, 0.2) is 0 Å². The van der Waals surface area contributed by atoms with Crippen LogP contribution >= 0.6 is 0 Å². The van der Waals surface area contributed by atoms with E-state index in [1.807, 2.05) is 44.2 Å². The van der Waals surface area contributed by atoms with Crippen LogP contribution in [0.4, 0.5) is 5.69 Å². The van der Waals surface area contributed by atoms with E-state index in [0.717, 1.165) is 11.1 Å². The number of carbonyl (C=O) groups is 1. The van der Waals surface area contributed by atoms with Gasteiger partial charge in [0.2, 0.25) is 5.91 Å². The Kier molecular flexibility index (Phi) is 3.63. The van der Waals surface area contributed by atoms with Crippen molar-refractivity contribution in [3.63, 3.8) is 0 Å². The summed E-state index contributed by atoms with van der Waals surface area (Å²) in [5.41, 5.74) is 0.310. The van der Waals surface area contributed by atoms with Crippen LogP contribution in [0.3, 0.4) is 0 Å². The third kappa shape index (κ3) is 2.77. The van der Waals surface area contributed by atoms with Gasteiger partial charge < -0.3 is 20.3 Å². The monoisotopic (exact) mass is 367 g/mol. The molecule has 0 radical (unpaired) electrons. The number of fused-ring (bicyclic) bond motifs is 2. The zero-order valence-corrected chi connectivity index (χ0v) is 16.1. The molecule has 2 aliphatic rings. The number of amides is 1. The van der Waals surface area contributed by atoms with Crippen LogP contribution < -0.4 is 10.1 Å². The molecule has 1 atom stereocenters. The number of aromatic hydroxyl groups is 1. The molecule has 2 heterocycles. The highest BCUT2D eigenvalue weighted by Gasteiger charge is 2.52. The van der Waals surface area contributed by atoms with Crippen LogP contribution in [0.2, 0.25) is 0 Å². The molecule has 0 aromatic heterocycles. The van der Waals surface area contributed by atoms with Crippen molar-refractivity contribution < 1.29 is 19.7 Å². The van der Waals surface area contributed by atoms with Crippen LogP contribution in [0.5, 0.6) is 11.5 Å². The number of phenols is 1. The standard InChI is InChI=1S/C22H25NO4/c1-20(2,26)12-22(14-7-5-6-8-16(14)23-19(22)25)15-9-13-11-21(3,4)27-18(13)10-17(15)24/h5-10,24,26H,11-12H2,1-4H3,(H,23,25). The molecule has 2 aliphatic heterocycles. The van der Waals surface area contributed by atoms with Gasteiger partial charge in [0.25, 0.3) is 0 Å². The van der Waals surface area contributed by atoms with Gasteiger partial charge in [0.1, 0.15) is 22.5 Å². The van der Waals surface area contributed by atoms with E-state index in [2.05, 4.69) is 5.32 Å². The third-order valence-electron chi connectivity index (χ3n) is 5.36. The zero-order chi connectivity index (χ0) is 19.6. The smallest absolute Gasteiger partial charge is 0.239 e. The Bertz CT molecular complexity index is 942. The normalized spacial score (nSPS) is 22.8. The lowest BCUT2D eigenvalue weighted by atomic mass is 9.68. The summed E-state index contributed by atoms with van der Waals surface area (Å²) in [5, 5.41) is 24.4. The molecule has 0 fully saturated rings. The molecular formula is C22H25NO4. The molecule has 2 aromatic rings. The maximum atomic E-state index is 13.2. The molecule has 0 spiro atoms. The largest absolute Gasteiger partial charge is 0.507 e. The lowest BCUT2D eigenvalue weighted by Gasteiger charge is -2.34. The molecular weight excluding hydrogens is 342 g/mol. The van der Waals surface area contributed by atoms with Crippen molar-refractivity contribution in [2.24, 2.45) is 0 Å². The number of benzene rings is 2. The predicted molar refractivity (Wildman–Crippen MR) is 103 cm³/mol. The van der Waals surface area contributed by atoms with Crippen LogP contribution in [0.15, 0.2) is 36.4 Å². The van der Waals surface area contributed by atoms with Crippen molar-refractivity contribution >= 4 is 11.6 Å². The number of aliphatic hydroxyl groups is 1. The molecule has 3 N–H and O–H groups in total. The second-order valence-electron chi connectivity index (χ2n) is 8.91. The minimum atomic E-state index is -1.17. The van der Waals surface area contributed by atoms with Crippen LogP contribution in [-0.2, 0) is 16.6 Å². The summed E-state index contributed by atoms with van der Waals surface area (Å²) in [6, 6.07) is 10.9. The highest BCUT2D eigenvalue weighted by molar-refractivity contribution is 6.09. The molecule has 1 amide bonds. The molecule has 0 saturated heterocycles. The van der Waals surface area contributed by atoms with E-state index >= 15 is 0 Å².